The van der Waals surface area contributed by atoms with Crippen LogP contribution in [0.4, 0.5) is 4.39 Å². The number of aryl methyl sites for hydroxylation is 1. The van der Waals surface area contributed by atoms with Crippen molar-refractivity contribution in [1.82, 2.24) is 19.8 Å². The van der Waals surface area contributed by atoms with Gasteiger partial charge in [0.1, 0.15) is 11.6 Å². The molecule has 208 valence electrons. The summed E-state index contributed by atoms with van der Waals surface area (Å²) in [6.07, 6.45) is 6.82. The fourth-order valence-corrected chi connectivity index (χ4v) is 7.33. The van der Waals surface area contributed by atoms with Gasteiger partial charge in [-0.1, -0.05) is 24.3 Å². The largest absolute Gasteiger partial charge is 0.345 e. The van der Waals surface area contributed by atoms with Crippen molar-refractivity contribution < 1.29 is 13.4 Å². The fourth-order valence-electron chi connectivity index (χ4n) is 6.81. The van der Waals surface area contributed by atoms with E-state index in [1.165, 1.54) is 30.5 Å². The molecule has 8 heteroatoms. The number of aromatic nitrogens is 2. The van der Waals surface area contributed by atoms with Crippen molar-refractivity contribution in [2.75, 3.05) is 12.8 Å². The zero-order chi connectivity index (χ0) is 27.8. The molecular weight excluding hydrogens is 523 g/mol. The molecule has 0 radical (unpaired) electrons. The first-order valence-electron chi connectivity index (χ1n) is 14.1. The van der Waals surface area contributed by atoms with E-state index >= 15 is 0 Å². The van der Waals surface area contributed by atoms with Crippen LogP contribution in [0, 0.1) is 12.7 Å². The number of rotatable bonds is 8. The number of para-hydroxylation sites is 2. The summed E-state index contributed by atoms with van der Waals surface area (Å²) in [5, 5.41) is 3.15. The Balaban J connectivity index is 1.17. The van der Waals surface area contributed by atoms with Crippen LogP contribution in [-0.4, -0.2) is 49.5 Å². The number of benzene rings is 3. The van der Waals surface area contributed by atoms with E-state index in [2.05, 4.69) is 39.9 Å². The van der Waals surface area contributed by atoms with E-state index in [1.807, 2.05) is 12.1 Å². The quantitative estimate of drug-likeness (QED) is 0.290. The van der Waals surface area contributed by atoms with Crippen LogP contribution >= 0.6 is 0 Å². The molecule has 2 fully saturated rings. The van der Waals surface area contributed by atoms with Crippen molar-refractivity contribution in [3.63, 3.8) is 0 Å². The summed E-state index contributed by atoms with van der Waals surface area (Å²) in [4.78, 5) is 21.3. The highest BCUT2D eigenvalue weighted by atomic mass is 32.2. The van der Waals surface area contributed by atoms with Crippen molar-refractivity contribution >= 4 is 27.7 Å². The second-order valence-corrected chi connectivity index (χ2v) is 12.5. The second kappa shape index (κ2) is 11.3. The SMILES string of the molecule is Cc1nc2ccccc2n1C1C[C@H]2CC[C@@H](C1)N2CC[C@H](NC(=O)c1ccc(S(C)=O)cc1)c1cccc(F)c1. The van der Waals surface area contributed by atoms with Gasteiger partial charge in [-0.05, 0) is 93.1 Å². The molecule has 0 spiro atoms. The molecule has 2 unspecified atom stereocenters. The number of hydrogen-bond donors (Lipinski definition) is 1. The number of hydrogen-bond acceptors (Lipinski definition) is 4. The molecule has 0 aliphatic carbocycles. The van der Waals surface area contributed by atoms with Crippen molar-refractivity contribution in [3.05, 3.63) is 95.6 Å². The average Bonchev–Trinajstić information content (AvgIpc) is 3.41. The number of carbonyl (C=O) groups excluding carboxylic acids is 1. The van der Waals surface area contributed by atoms with E-state index in [9.17, 15) is 13.4 Å². The normalized spacial score (nSPS) is 22.3. The van der Waals surface area contributed by atoms with Gasteiger partial charge in [-0.3, -0.25) is 13.9 Å². The number of nitrogens with zero attached hydrogens (tertiary/aromatic N) is 3. The Kier molecular flexibility index (Phi) is 7.55. The summed E-state index contributed by atoms with van der Waals surface area (Å²) in [5.74, 6) is 0.549. The molecule has 2 saturated heterocycles. The minimum Gasteiger partial charge on any atom is -0.345 e. The van der Waals surface area contributed by atoms with Crippen LogP contribution in [0.2, 0.25) is 0 Å². The van der Waals surface area contributed by atoms with Gasteiger partial charge in [0.15, 0.2) is 0 Å². The van der Waals surface area contributed by atoms with Gasteiger partial charge in [0.05, 0.1) is 17.1 Å². The summed E-state index contributed by atoms with van der Waals surface area (Å²) in [6.45, 7) is 2.94. The predicted molar refractivity (Wildman–Crippen MR) is 156 cm³/mol. The molecule has 4 aromatic rings. The first-order valence-corrected chi connectivity index (χ1v) is 15.6. The maximum atomic E-state index is 14.2. The van der Waals surface area contributed by atoms with Gasteiger partial charge >= 0.3 is 0 Å². The van der Waals surface area contributed by atoms with Crippen LogP contribution in [0.15, 0.2) is 77.7 Å². The fraction of sp³-hybridized carbons (Fsp3) is 0.375. The molecule has 2 aliphatic heterocycles. The topological polar surface area (TPSA) is 67.2 Å². The van der Waals surface area contributed by atoms with Crippen molar-refractivity contribution in [2.45, 2.75) is 68.1 Å². The Bertz CT molecular complexity index is 1540. The molecular formula is C32H35FN4O2S. The first-order chi connectivity index (χ1) is 19.4. The summed E-state index contributed by atoms with van der Waals surface area (Å²) >= 11 is 0. The lowest BCUT2D eigenvalue weighted by molar-refractivity contribution is 0.0896. The zero-order valence-corrected chi connectivity index (χ0v) is 23.7. The van der Waals surface area contributed by atoms with Crippen LogP contribution < -0.4 is 5.32 Å². The van der Waals surface area contributed by atoms with E-state index < -0.39 is 10.8 Å². The third-order valence-corrected chi connectivity index (χ3v) is 9.61. The predicted octanol–water partition coefficient (Wildman–Crippen LogP) is 5.95. The molecule has 1 N–H and O–H groups in total. The van der Waals surface area contributed by atoms with Gasteiger partial charge in [0.2, 0.25) is 0 Å². The summed E-state index contributed by atoms with van der Waals surface area (Å²) in [7, 11) is -1.11. The molecule has 3 aromatic carbocycles. The van der Waals surface area contributed by atoms with Gasteiger partial charge in [-0.15, -0.1) is 0 Å². The maximum Gasteiger partial charge on any atom is 0.251 e. The third-order valence-electron chi connectivity index (χ3n) is 8.68. The van der Waals surface area contributed by atoms with Crippen LogP contribution in [0.1, 0.15) is 65.9 Å². The molecule has 3 heterocycles. The van der Waals surface area contributed by atoms with Gasteiger partial charge in [0, 0.05) is 52.2 Å². The lowest BCUT2D eigenvalue weighted by atomic mass is 9.95. The highest BCUT2D eigenvalue weighted by Gasteiger charge is 2.41. The summed E-state index contributed by atoms with van der Waals surface area (Å²) in [5.41, 5.74) is 3.53. The second-order valence-electron chi connectivity index (χ2n) is 11.1. The minimum absolute atomic E-state index is 0.216. The van der Waals surface area contributed by atoms with Gasteiger partial charge in [0.25, 0.3) is 5.91 Å². The smallest absolute Gasteiger partial charge is 0.251 e. The highest BCUT2D eigenvalue weighted by molar-refractivity contribution is 7.84. The van der Waals surface area contributed by atoms with Gasteiger partial charge in [-0.25, -0.2) is 9.37 Å². The maximum absolute atomic E-state index is 14.2. The Morgan fingerprint density at radius 1 is 1.02 bits per heavy atom. The molecule has 6 rings (SSSR count). The average molecular weight is 559 g/mol. The molecule has 6 nitrogen and oxygen atoms in total. The number of carbonyl (C=O) groups is 1. The molecule has 5 atom stereocenters. The number of halogens is 1. The Labute approximate surface area is 237 Å². The van der Waals surface area contributed by atoms with Crippen LogP contribution in [0.5, 0.6) is 0 Å². The van der Waals surface area contributed by atoms with Crippen LogP contribution in [-0.2, 0) is 10.8 Å². The van der Waals surface area contributed by atoms with E-state index in [1.54, 1.807) is 36.6 Å². The summed E-state index contributed by atoms with van der Waals surface area (Å²) in [6, 6.07) is 22.8. The van der Waals surface area contributed by atoms with Crippen LogP contribution in [0.3, 0.4) is 0 Å². The van der Waals surface area contributed by atoms with Crippen molar-refractivity contribution in [1.29, 1.82) is 0 Å². The van der Waals surface area contributed by atoms with E-state index in [0.717, 1.165) is 36.3 Å². The Morgan fingerprint density at radius 3 is 2.45 bits per heavy atom. The Hall–Kier alpha value is -3.36. The monoisotopic (exact) mass is 558 g/mol. The lowest BCUT2D eigenvalue weighted by Crippen LogP contribution is -2.45. The molecule has 0 saturated carbocycles. The van der Waals surface area contributed by atoms with Crippen molar-refractivity contribution in [3.8, 4) is 0 Å². The number of piperidine rings is 1. The number of fused-ring (bicyclic) bond motifs is 3. The minimum atomic E-state index is -1.11. The zero-order valence-electron chi connectivity index (χ0n) is 22.9. The first kappa shape index (κ1) is 26.8. The number of nitrogens with one attached hydrogen (secondary N) is 1. The van der Waals surface area contributed by atoms with Gasteiger partial charge < -0.3 is 9.88 Å². The molecule has 1 amide bonds. The molecule has 1 aromatic heterocycles. The lowest BCUT2D eigenvalue weighted by Gasteiger charge is -2.40. The molecule has 2 aliphatic rings. The highest BCUT2D eigenvalue weighted by Crippen LogP contribution is 2.42. The number of amides is 1. The number of imidazole rings is 1. The molecule has 40 heavy (non-hydrogen) atoms. The summed E-state index contributed by atoms with van der Waals surface area (Å²) < 4.78 is 28.4. The standard InChI is InChI=1S/C32H35FN4O2S/c1-21-34-30-8-3-4-9-31(30)37(21)27-19-25-12-13-26(20-27)36(25)17-16-29(23-6-5-7-24(33)18-23)35-32(38)22-10-14-28(15-11-22)40(2)39/h3-11,14-15,18,25-27,29H,12-13,16-17,19-20H2,1-2H3,(H,35,38)/t25-,26+,27?,29-,40?/m0/s1. The Morgan fingerprint density at radius 2 is 1.75 bits per heavy atom. The van der Waals surface area contributed by atoms with E-state index in [4.69, 9.17) is 4.98 Å². The van der Waals surface area contributed by atoms with E-state index in [-0.39, 0.29) is 17.8 Å². The van der Waals surface area contributed by atoms with Crippen LogP contribution in [0.25, 0.3) is 11.0 Å². The van der Waals surface area contributed by atoms with Gasteiger partial charge in [-0.2, -0.15) is 0 Å². The molecule has 2 bridgehead atoms. The van der Waals surface area contributed by atoms with E-state index in [0.29, 0.717) is 35.0 Å². The third kappa shape index (κ3) is 5.34. The van der Waals surface area contributed by atoms with Crippen molar-refractivity contribution in [2.24, 2.45) is 0 Å².